The molecule has 1 N–H and O–H groups in total. The number of benzene rings is 1. The van der Waals surface area contributed by atoms with Gasteiger partial charge < -0.3 is 15.0 Å². The monoisotopic (exact) mass is 268 g/mol. The quantitative estimate of drug-likeness (QED) is 0.908. The third kappa shape index (κ3) is 2.97. The number of nitrogens with zero attached hydrogens (tertiary/aromatic N) is 1. The maximum Gasteiger partial charge on any atom is 0.0671 e. The fourth-order valence-electron chi connectivity index (χ4n) is 2.43. The summed E-state index contributed by atoms with van der Waals surface area (Å²) < 4.78 is 5.60. The van der Waals surface area contributed by atoms with Gasteiger partial charge in [0.05, 0.1) is 19.3 Å². The largest absolute Gasteiger partial charge is 0.377 e. The highest BCUT2D eigenvalue weighted by Gasteiger charge is 2.24. The Kier molecular flexibility index (Phi) is 4.87. The van der Waals surface area contributed by atoms with Crippen LogP contribution in [0.2, 0.25) is 5.02 Å². The molecule has 1 unspecified atom stereocenters. The molecule has 0 radical (unpaired) electrons. The maximum atomic E-state index is 6.21. The predicted octanol–water partition coefficient (Wildman–Crippen LogP) is 2.46. The van der Waals surface area contributed by atoms with Crippen molar-refractivity contribution >= 4 is 17.3 Å². The number of morpholine rings is 1. The van der Waals surface area contributed by atoms with Gasteiger partial charge in [-0.2, -0.15) is 0 Å². The molecule has 1 atom stereocenters. The van der Waals surface area contributed by atoms with Crippen molar-refractivity contribution in [2.45, 2.75) is 19.4 Å². The molecule has 0 saturated carbocycles. The second-order valence-corrected chi connectivity index (χ2v) is 5.11. The van der Waals surface area contributed by atoms with Crippen LogP contribution in [0.15, 0.2) is 18.2 Å². The summed E-state index contributed by atoms with van der Waals surface area (Å²) in [5.74, 6) is 0. The molecule has 18 heavy (non-hydrogen) atoms. The van der Waals surface area contributed by atoms with E-state index in [1.165, 1.54) is 5.69 Å². The number of hydrogen-bond donors (Lipinski definition) is 1. The van der Waals surface area contributed by atoms with Gasteiger partial charge in [0.2, 0.25) is 0 Å². The van der Waals surface area contributed by atoms with Crippen LogP contribution < -0.4 is 10.2 Å². The highest BCUT2D eigenvalue weighted by atomic mass is 35.5. The second-order valence-electron chi connectivity index (χ2n) is 4.70. The van der Waals surface area contributed by atoms with Gasteiger partial charge in [-0.25, -0.2) is 0 Å². The first-order valence-corrected chi connectivity index (χ1v) is 6.86. The number of anilines is 1. The van der Waals surface area contributed by atoms with Gasteiger partial charge >= 0.3 is 0 Å². The minimum absolute atomic E-state index is 0.434. The van der Waals surface area contributed by atoms with Crippen LogP contribution in [0.25, 0.3) is 0 Å². The Bertz CT molecular complexity index is 397. The van der Waals surface area contributed by atoms with Crippen LogP contribution in [-0.2, 0) is 4.74 Å². The van der Waals surface area contributed by atoms with Crippen LogP contribution in [0.1, 0.15) is 12.0 Å². The van der Waals surface area contributed by atoms with E-state index in [0.717, 1.165) is 43.3 Å². The maximum absolute atomic E-state index is 6.21. The third-order valence-electron chi connectivity index (χ3n) is 3.50. The molecular weight excluding hydrogens is 248 g/mol. The molecule has 0 amide bonds. The van der Waals surface area contributed by atoms with Crippen molar-refractivity contribution in [3.8, 4) is 0 Å². The van der Waals surface area contributed by atoms with Gasteiger partial charge in [-0.15, -0.1) is 0 Å². The Balaban J connectivity index is 2.19. The van der Waals surface area contributed by atoms with Crippen molar-refractivity contribution in [3.63, 3.8) is 0 Å². The van der Waals surface area contributed by atoms with Gasteiger partial charge in [-0.3, -0.25) is 0 Å². The van der Waals surface area contributed by atoms with Crippen LogP contribution >= 0.6 is 11.6 Å². The van der Waals surface area contributed by atoms with E-state index >= 15 is 0 Å². The van der Waals surface area contributed by atoms with Crippen LogP contribution in [0.3, 0.4) is 0 Å². The molecule has 1 aliphatic rings. The van der Waals surface area contributed by atoms with Crippen molar-refractivity contribution in [2.24, 2.45) is 0 Å². The Labute approximate surface area is 114 Å². The summed E-state index contributed by atoms with van der Waals surface area (Å²) in [6.07, 6.45) is 1.09. The van der Waals surface area contributed by atoms with Gasteiger partial charge in [0.25, 0.3) is 0 Å². The lowest BCUT2D eigenvalue weighted by Crippen LogP contribution is -2.47. The van der Waals surface area contributed by atoms with Crippen LogP contribution in [0.5, 0.6) is 0 Å². The fraction of sp³-hybridized carbons (Fsp3) is 0.571. The summed E-state index contributed by atoms with van der Waals surface area (Å²) in [5.41, 5.74) is 2.41. The molecule has 1 heterocycles. The number of nitrogens with one attached hydrogen (secondary N) is 1. The first kappa shape index (κ1) is 13.7. The summed E-state index contributed by atoms with van der Waals surface area (Å²) in [5, 5.41) is 4.04. The number of ether oxygens (including phenoxy) is 1. The van der Waals surface area contributed by atoms with Crippen molar-refractivity contribution in [1.29, 1.82) is 0 Å². The Hall–Kier alpha value is -0.770. The summed E-state index contributed by atoms with van der Waals surface area (Å²) in [4.78, 5) is 2.43. The lowest BCUT2D eigenvalue weighted by atomic mass is 10.1. The van der Waals surface area contributed by atoms with E-state index in [1.54, 1.807) is 0 Å². The molecule has 1 aliphatic heterocycles. The van der Waals surface area contributed by atoms with Gasteiger partial charge in [-0.05, 0) is 44.6 Å². The summed E-state index contributed by atoms with van der Waals surface area (Å²) in [7, 11) is 1.98. The number of rotatable bonds is 4. The Morgan fingerprint density at radius 3 is 3.11 bits per heavy atom. The topological polar surface area (TPSA) is 24.5 Å². The molecule has 0 aliphatic carbocycles. The molecule has 0 aromatic heterocycles. The normalized spacial score (nSPS) is 20.2. The average Bonchev–Trinajstić information content (AvgIpc) is 2.40. The van der Waals surface area contributed by atoms with Crippen molar-refractivity contribution in [3.05, 3.63) is 28.8 Å². The molecule has 1 aromatic carbocycles. The van der Waals surface area contributed by atoms with Crippen molar-refractivity contribution in [1.82, 2.24) is 5.32 Å². The van der Waals surface area contributed by atoms with E-state index < -0.39 is 0 Å². The van der Waals surface area contributed by atoms with Gasteiger partial charge in [0.15, 0.2) is 0 Å². The Morgan fingerprint density at radius 2 is 2.33 bits per heavy atom. The molecule has 0 spiro atoms. The highest BCUT2D eigenvalue weighted by Crippen LogP contribution is 2.29. The summed E-state index contributed by atoms with van der Waals surface area (Å²) in [6.45, 7) is 5.62. The summed E-state index contributed by atoms with van der Waals surface area (Å²) in [6, 6.07) is 6.56. The minimum atomic E-state index is 0.434. The highest BCUT2D eigenvalue weighted by molar-refractivity contribution is 6.31. The standard InChI is InChI=1S/C14H21ClN2O/c1-11-13(15)4-3-5-14(11)17-8-9-18-10-12(17)6-7-16-2/h3-5,12,16H,6-10H2,1-2H3. The van der Waals surface area contributed by atoms with E-state index in [9.17, 15) is 0 Å². The van der Waals surface area contributed by atoms with E-state index in [0.29, 0.717) is 6.04 Å². The SMILES string of the molecule is CNCCC1COCCN1c1cccc(Cl)c1C. The molecule has 0 bridgehead atoms. The van der Waals surface area contributed by atoms with Gasteiger partial charge in [-0.1, -0.05) is 17.7 Å². The summed E-state index contributed by atoms with van der Waals surface area (Å²) >= 11 is 6.21. The number of halogens is 1. The average molecular weight is 269 g/mol. The first-order chi connectivity index (χ1) is 8.74. The molecular formula is C14H21ClN2O. The van der Waals surface area contributed by atoms with E-state index in [-0.39, 0.29) is 0 Å². The zero-order valence-corrected chi connectivity index (χ0v) is 11.8. The fourth-order valence-corrected chi connectivity index (χ4v) is 2.60. The number of hydrogen-bond acceptors (Lipinski definition) is 3. The lowest BCUT2D eigenvalue weighted by Gasteiger charge is -2.38. The van der Waals surface area contributed by atoms with E-state index in [1.807, 2.05) is 19.2 Å². The Morgan fingerprint density at radius 1 is 1.50 bits per heavy atom. The minimum Gasteiger partial charge on any atom is -0.377 e. The lowest BCUT2D eigenvalue weighted by molar-refractivity contribution is 0.0917. The molecule has 2 rings (SSSR count). The van der Waals surface area contributed by atoms with Crippen molar-refractivity contribution in [2.75, 3.05) is 38.3 Å². The van der Waals surface area contributed by atoms with E-state index in [4.69, 9.17) is 16.3 Å². The second kappa shape index (κ2) is 6.41. The van der Waals surface area contributed by atoms with Crippen LogP contribution in [0.4, 0.5) is 5.69 Å². The van der Waals surface area contributed by atoms with E-state index in [2.05, 4.69) is 23.2 Å². The van der Waals surface area contributed by atoms with Gasteiger partial charge in [0, 0.05) is 17.3 Å². The molecule has 1 fully saturated rings. The zero-order valence-electron chi connectivity index (χ0n) is 11.1. The molecule has 100 valence electrons. The van der Waals surface area contributed by atoms with Gasteiger partial charge in [0.1, 0.15) is 0 Å². The molecule has 3 nitrogen and oxygen atoms in total. The smallest absolute Gasteiger partial charge is 0.0671 e. The molecule has 4 heteroatoms. The van der Waals surface area contributed by atoms with Crippen LogP contribution in [0, 0.1) is 6.92 Å². The first-order valence-electron chi connectivity index (χ1n) is 6.48. The third-order valence-corrected chi connectivity index (χ3v) is 3.91. The van der Waals surface area contributed by atoms with Crippen molar-refractivity contribution < 1.29 is 4.74 Å². The molecule has 1 aromatic rings. The predicted molar refractivity (Wildman–Crippen MR) is 76.7 cm³/mol. The zero-order chi connectivity index (χ0) is 13.0. The van der Waals surface area contributed by atoms with Crippen LogP contribution in [-0.4, -0.2) is 39.4 Å². The molecule has 1 saturated heterocycles.